The van der Waals surface area contributed by atoms with Crippen molar-refractivity contribution in [2.24, 2.45) is 0 Å². The predicted octanol–water partition coefficient (Wildman–Crippen LogP) is 1.21. The fourth-order valence-corrected chi connectivity index (χ4v) is 1.95. The van der Waals surface area contributed by atoms with Gasteiger partial charge < -0.3 is 4.74 Å². The summed E-state index contributed by atoms with van der Waals surface area (Å²) in [5.41, 5.74) is 0. The molecule has 0 radical (unpaired) electrons. The summed E-state index contributed by atoms with van der Waals surface area (Å²) < 4.78 is 18.7. The first kappa shape index (κ1) is 8.45. The first-order valence-electron chi connectivity index (χ1n) is 4.70. The molecule has 0 N–H and O–H groups in total. The van der Waals surface area contributed by atoms with Crippen LogP contribution in [-0.2, 0) is 4.74 Å². The van der Waals surface area contributed by atoms with Gasteiger partial charge in [0.2, 0.25) is 0 Å². The maximum atomic E-state index is 13.3. The number of halogens is 1. The van der Waals surface area contributed by atoms with Gasteiger partial charge >= 0.3 is 0 Å². The van der Waals surface area contributed by atoms with Gasteiger partial charge in [-0.2, -0.15) is 0 Å². The van der Waals surface area contributed by atoms with Gasteiger partial charge in [0.05, 0.1) is 12.2 Å². The van der Waals surface area contributed by atoms with Crippen LogP contribution in [0.1, 0.15) is 20.3 Å². The smallest absolute Gasteiger partial charge is 0.139 e. The number of fused-ring (bicyclic) bond motifs is 3. The number of ether oxygens (including phenoxy) is 1. The molecule has 3 atom stereocenters. The first-order valence-corrected chi connectivity index (χ1v) is 4.70. The standard InChI is InChI=1S/C9H16FNO/c1-6(2)11-4-7-3-9(12-7)8(10)5-11/h6-9H,3-5H2,1-2H3. The molecule has 2 nitrogen and oxygen atoms in total. The number of hydrogen-bond acceptors (Lipinski definition) is 2. The monoisotopic (exact) mass is 173 g/mol. The molecule has 0 spiro atoms. The summed E-state index contributed by atoms with van der Waals surface area (Å²) in [6.45, 7) is 5.68. The van der Waals surface area contributed by atoms with Gasteiger partial charge in [-0.25, -0.2) is 4.39 Å². The highest BCUT2D eigenvalue weighted by atomic mass is 19.1. The third-order valence-corrected chi connectivity index (χ3v) is 2.84. The molecule has 0 aromatic carbocycles. The van der Waals surface area contributed by atoms with Crippen molar-refractivity contribution in [2.45, 2.75) is 44.7 Å². The van der Waals surface area contributed by atoms with E-state index in [1.54, 1.807) is 0 Å². The lowest BCUT2D eigenvalue weighted by Crippen LogP contribution is -2.43. The molecule has 0 saturated carbocycles. The van der Waals surface area contributed by atoms with E-state index in [1.807, 2.05) is 0 Å². The Hall–Kier alpha value is -0.150. The van der Waals surface area contributed by atoms with Crippen molar-refractivity contribution < 1.29 is 9.13 Å². The molecule has 3 aliphatic rings. The van der Waals surface area contributed by atoms with E-state index in [4.69, 9.17) is 4.74 Å². The molecule has 0 amide bonds. The Morgan fingerprint density at radius 3 is 2.67 bits per heavy atom. The molecule has 70 valence electrons. The quantitative estimate of drug-likeness (QED) is 0.591. The second-order valence-electron chi connectivity index (χ2n) is 4.10. The van der Waals surface area contributed by atoms with Crippen LogP contribution in [0.4, 0.5) is 4.39 Å². The van der Waals surface area contributed by atoms with Gasteiger partial charge in [0.25, 0.3) is 0 Å². The van der Waals surface area contributed by atoms with Crippen LogP contribution in [0, 0.1) is 0 Å². The molecule has 0 aromatic heterocycles. The van der Waals surface area contributed by atoms with Crippen molar-refractivity contribution in [1.82, 2.24) is 4.90 Å². The lowest BCUT2D eigenvalue weighted by molar-refractivity contribution is -0.138. The van der Waals surface area contributed by atoms with Gasteiger partial charge in [-0.15, -0.1) is 0 Å². The van der Waals surface area contributed by atoms with Crippen LogP contribution in [0.2, 0.25) is 0 Å². The fourth-order valence-electron chi connectivity index (χ4n) is 1.95. The van der Waals surface area contributed by atoms with Crippen LogP contribution in [-0.4, -0.2) is 42.4 Å². The molecule has 3 unspecified atom stereocenters. The van der Waals surface area contributed by atoms with Crippen molar-refractivity contribution in [3.8, 4) is 0 Å². The van der Waals surface area contributed by atoms with E-state index in [-0.39, 0.29) is 6.10 Å². The van der Waals surface area contributed by atoms with Gasteiger partial charge in [0, 0.05) is 25.6 Å². The van der Waals surface area contributed by atoms with Crippen molar-refractivity contribution in [3.05, 3.63) is 0 Å². The van der Waals surface area contributed by atoms with Crippen LogP contribution < -0.4 is 0 Å². The van der Waals surface area contributed by atoms with Crippen molar-refractivity contribution >= 4 is 0 Å². The average molecular weight is 173 g/mol. The molecule has 3 rings (SSSR count). The summed E-state index contributed by atoms with van der Waals surface area (Å²) in [5, 5.41) is 0. The molecular formula is C9H16FNO. The highest BCUT2D eigenvalue weighted by Crippen LogP contribution is 2.30. The summed E-state index contributed by atoms with van der Waals surface area (Å²) in [6, 6.07) is 0.436. The van der Waals surface area contributed by atoms with Crippen molar-refractivity contribution in [1.29, 1.82) is 0 Å². The van der Waals surface area contributed by atoms with Crippen LogP contribution in [0.3, 0.4) is 0 Å². The Bertz CT molecular complexity index is 168. The second kappa shape index (κ2) is 2.96. The van der Waals surface area contributed by atoms with E-state index in [2.05, 4.69) is 18.7 Å². The van der Waals surface area contributed by atoms with E-state index in [9.17, 15) is 4.39 Å². The minimum Gasteiger partial charge on any atom is -0.370 e. The SMILES string of the molecule is CC(C)N1CC2CC(O2)C(F)C1. The molecule has 3 heterocycles. The zero-order valence-corrected chi connectivity index (χ0v) is 7.66. The van der Waals surface area contributed by atoms with E-state index in [1.165, 1.54) is 0 Å². The summed E-state index contributed by atoms with van der Waals surface area (Å²) in [5.74, 6) is 0. The normalized spacial score (nSPS) is 42.5. The van der Waals surface area contributed by atoms with Gasteiger partial charge in [-0.3, -0.25) is 4.90 Å². The second-order valence-corrected chi connectivity index (χ2v) is 4.10. The zero-order chi connectivity index (χ0) is 8.72. The van der Waals surface area contributed by atoms with Crippen LogP contribution in [0.15, 0.2) is 0 Å². The Labute approximate surface area is 72.7 Å². The van der Waals surface area contributed by atoms with Crippen molar-refractivity contribution in [3.63, 3.8) is 0 Å². The lowest BCUT2D eigenvalue weighted by Gasteiger charge is -2.34. The van der Waals surface area contributed by atoms with Crippen LogP contribution >= 0.6 is 0 Å². The molecule has 3 fully saturated rings. The molecule has 2 bridgehead atoms. The Morgan fingerprint density at radius 1 is 1.42 bits per heavy atom. The van der Waals surface area contributed by atoms with E-state index >= 15 is 0 Å². The average Bonchev–Trinajstić information content (AvgIpc) is 2.13. The van der Waals surface area contributed by atoms with E-state index in [0.717, 1.165) is 13.0 Å². The number of nitrogens with zero attached hydrogens (tertiary/aromatic N) is 1. The van der Waals surface area contributed by atoms with Crippen molar-refractivity contribution in [2.75, 3.05) is 13.1 Å². The third kappa shape index (κ3) is 1.36. The number of rotatable bonds is 1. The minimum absolute atomic E-state index is 0.0984. The minimum atomic E-state index is -0.772. The van der Waals surface area contributed by atoms with E-state index < -0.39 is 6.17 Å². The van der Waals surface area contributed by atoms with Crippen LogP contribution in [0.5, 0.6) is 0 Å². The van der Waals surface area contributed by atoms with Gasteiger partial charge in [0.15, 0.2) is 0 Å². The Kier molecular flexibility index (Phi) is 2.09. The Balaban J connectivity index is 2.00. The predicted molar refractivity (Wildman–Crippen MR) is 44.9 cm³/mol. The maximum Gasteiger partial charge on any atom is 0.139 e. The summed E-state index contributed by atoms with van der Waals surface area (Å²) in [7, 11) is 0. The topological polar surface area (TPSA) is 12.5 Å². The summed E-state index contributed by atoms with van der Waals surface area (Å²) in [6.07, 6.45) is 0.354. The van der Waals surface area contributed by atoms with Crippen LogP contribution in [0.25, 0.3) is 0 Å². The molecule has 12 heavy (non-hydrogen) atoms. The molecule has 0 aromatic rings. The zero-order valence-electron chi connectivity index (χ0n) is 7.66. The summed E-state index contributed by atoms with van der Waals surface area (Å²) in [4.78, 5) is 2.17. The highest BCUT2D eigenvalue weighted by molar-refractivity contribution is 4.92. The largest absolute Gasteiger partial charge is 0.370 e. The molecule has 3 aliphatic heterocycles. The fraction of sp³-hybridized carbons (Fsp3) is 1.00. The first-order chi connectivity index (χ1) is 5.66. The number of alkyl halides is 1. The third-order valence-electron chi connectivity index (χ3n) is 2.84. The van der Waals surface area contributed by atoms with Gasteiger partial charge in [-0.1, -0.05) is 0 Å². The highest BCUT2D eigenvalue weighted by Gasteiger charge is 2.42. The molecule has 3 saturated heterocycles. The lowest BCUT2D eigenvalue weighted by atomic mass is 10.0. The molecular weight excluding hydrogens is 157 g/mol. The Morgan fingerprint density at radius 2 is 2.08 bits per heavy atom. The maximum absolute atomic E-state index is 13.3. The van der Waals surface area contributed by atoms with E-state index in [0.29, 0.717) is 18.7 Å². The summed E-state index contributed by atoms with van der Waals surface area (Å²) >= 11 is 0. The molecule has 3 heteroatoms. The molecule has 0 aliphatic carbocycles. The van der Waals surface area contributed by atoms with Gasteiger partial charge in [0.1, 0.15) is 6.17 Å². The van der Waals surface area contributed by atoms with Gasteiger partial charge in [-0.05, 0) is 13.8 Å². The number of hydrogen-bond donors (Lipinski definition) is 0.